The summed E-state index contributed by atoms with van der Waals surface area (Å²) in [6.07, 6.45) is 8.55. The van der Waals surface area contributed by atoms with Crippen LogP contribution in [0.15, 0.2) is 0 Å². The quantitative estimate of drug-likeness (QED) is 0.833. The topological polar surface area (TPSA) is 15.3 Å². The molecular formula is C14H26N2S. The van der Waals surface area contributed by atoms with Crippen molar-refractivity contribution in [2.75, 3.05) is 18.1 Å². The third kappa shape index (κ3) is 2.66. The van der Waals surface area contributed by atoms with Crippen LogP contribution in [0.1, 0.15) is 45.4 Å². The molecule has 98 valence electrons. The molecule has 0 aliphatic carbocycles. The van der Waals surface area contributed by atoms with Crippen molar-refractivity contribution < 1.29 is 0 Å². The van der Waals surface area contributed by atoms with E-state index in [4.69, 9.17) is 0 Å². The summed E-state index contributed by atoms with van der Waals surface area (Å²) in [5.74, 6) is 2.78. The van der Waals surface area contributed by atoms with E-state index in [-0.39, 0.29) is 0 Å². The standard InChI is InChI=1S/C14H26N2S/c1-2-16(13-4-3-7-17-10-13)14-8-11-5-6-12(9-14)15-11/h11-15H,2-10H2,1H3. The Kier molecular flexibility index (Phi) is 3.98. The molecule has 0 radical (unpaired) electrons. The fourth-order valence-electron chi connectivity index (χ4n) is 4.10. The van der Waals surface area contributed by atoms with Gasteiger partial charge in [0.2, 0.25) is 0 Å². The van der Waals surface area contributed by atoms with E-state index in [9.17, 15) is 0 Å². The fourth-order valence-corrected chi connectivity index (χ4v) is 5.27. The number of hydrogen-bond donors (Lipinski definition) is 1. The van der Waals surface area contributed by atoms with E-state index in [1.54, 1.807) is 0 Å². The molecule has 3 aliphatic heterocycles. The third-order valence-corrected chi connectivity index (χ3v) is 6.09. The molecule has 3 saturated heterocycles. The van der Waals surface area contributed by atoms with Crippen LogP contribution in [-0.4, -0.2) is 47.1 Å². The van der Waals surface area contributed by atoms with Crippen molar-refractivity contribution >= 4 is 11.8 Å². The first-order chi connectivity index (χ1) is 8.36. The summed E-state index contributed by atoms with van der Waals surface area (Å²) in [5, 5.41) is 3.77. The number of piperidine rings is 1. The normalized spacial score (nSPS) is 42.0. The molecule has 3 rings (SSSR count). The Morgan fingerprint density at radius 2 is 1.88 bits per heavy atom. The highest BCUT2D eigenvalue weighted by Crippen LogP contribution is 2.32. The van der Waals surface area contributed by atoms with Crippen LogP contribution >= 0.6 is 11.8 Å². The summed E-state index contributed by atoms with van der Waals surface area (Å²) in [5.41, 5.74) is 0. The molecule has 2 nitrogen and oxygen atoms in total. The molecule has 0 amide bonds. The van der Waals surface area contributed by atoms with Crippen LogP contribution in [0.2, 0.25) is 0 Å². The Balaban J connectivity index is 1.63. The van der Waals surface area contributed by atoms with Gasteiger partial charge in [-0.15, -0.1) is 0 Å². The molecular weight excluding hydrogens is 228 g/mol. The summed E-state index contributed by atoms with van der Waals surface area (Å²) < 4.78 is 0. The second-order valence-corrected chi connectivity index (χ2v) is 7.11. The molecule has 3 unspecified atom stereocenters. The molecule has 17 heavy (non-hydrogen) atoms. The van der Waals surface area contributed by atoms with Crippen molar-refractivity contribution in [2.24, 2.45) is 0 Å². The average molecular weight is 254 g/mol. The van der Waals surface area contributed by atoms with E-state index in [1.807, 2.05) is 0 Å². The summed E-state index contributed by atoms with van der Waals surface area (Å²) in [7, 11) is 0. The summed E-state index contributed by atoms with van der Waals surface area (Å²) >= 11 is 2.17. The molecule has 3 fully saturated rings. The summed E-state index contributed by atoms with van der Waals surface area (Å²) in [6, 6.07) is 3.43. The number of rotatable bonds is 3. The monoisotopic (exact) mass is 254 g/mol. The van der Waals surface area contributed by atoms with E-state index in [0.717, 1.165) is 24.2 Å². The number of hydrogen-bond acceptors (Lipinski definition) is 3. The van der Waals surface area contributed by atoms with Crippen LogP contribution in [0, 0.1) is 0 Å². The fraction of sp³-hybridized carbons (Fsp3) is 1.00. The molecule has 2 bridgehead atoms. The minimum atomic E-state index is 0.837. The maximum Gasteiger partial charge on any atom is 0.0189 e. The highest BCUT2D eigenvalue weighted by molar-refractivity contribution is 7.99. The van der Waals surface area contributed by atoms with Crippen LogP contribution in [0.3, 0.4) is 0 Å². The van der Waals surface area contributed by atoms with Gasteiger partial charge in [0.05, 0.1) is 0 Å². The highest BCUT2D eigenvalue weighted by Gasteiger charge is 2.37. The van der Waals surface area contributed by atoms with Crippen LogP contribution in [0.5, 0.6) is 0 Å². The van der Waals surface area contributed by atoms with Gasteiger partial charge in [0, 0.05) is 29.9 Å². The smallest absolute Gasteiger partial charge is 0.0189 e. The van der Waals surface area contributed by atoms with Crippen molar-refractivity contribution in [1.29, 1.82) is 0 Å². The summed E-state index contributed by atoms with van der Waals surface area (Å²) in [6.45, 7) is 3.62. The first kappa shape index (κ1) is 12.3. The lowest BCUT2D eigenvalue weighted by Crippen LogP contribution is -2.52. The molecule has 3 aliphatic rings. The van der Waals surface area contributed by atoms with Crippen LogP contribution in [0.25, 0.3) is 0 Å². The molecule has 3 heteroatoms. The second kappa shape index (κ2) is 5.50. The minimum Gasteiger partial charge on any atom is -0.311 e. The minimum absolute atomic E-state index is 0.837. The van der Waals surface area contributed by atoms with Crippen molar-refractivity contribution in [3.63, 3.8) is 0 Å². The second-order valence-electron chi connectivity index (χ2n) is 5.96. The van der Waals surface area contributed by atoms with Crippen LogP contribution in [0.4, 0.5) is 0 Å². The Morgan fingerprint density at radius 3 is 2.47 bits per heavy atom. The SMILES string of the molecule is CCN(C1CCCSC1)C1CC2CCC(C1)N2. The van der Waals surface area contributed by atoms with Gasteiger partial charge in [-0.25, -0.2) is 0 Å². The zero-order valence-corrected chi connectivity index (χ0v) is 11.8. The maximum atomic E-state index is 3.77. The molecule has 0 saturated carbocycles. The van der Waals surface area contributed by atoms with Crippen molar-refractivity contribution in [2.45, 2.75) is 69.6 Å². The highest BCUT2D eigenvalue weighted by atomic mass is 32.2. The van der Waals surface area contributed by atoms with Gasteiger partial charge in [0.1, 0.15) is 0 Å². The number of fused-ring (bicyclic) bond motifs is 2. The van der Waals surface area contributed by atoms with Gasteiger partial charge in [-0.05, 0) is 50.8 Å². The maximum absolute atomic E-state index is 3.77. The van der Waals surface area contributed by atoms with Gasteiger partial charge < -0.3 is 5.32 Å². The Labute approximate surface area is 110 Å². The molecule has 0 aromatic rings. The lowest BCUT2D eigenvalue weighted by atomic mass is 9.96. The predicted molar refractivity (Wildman–Crippen MR) is 75.7 cm³/mol. The van der Waals surface area contributed by atoms with Gasteiger partial charge in [0.25, 0.3) is 0 Å². The zero-order chi connectivity index (χ0) is 11.7. The van der Waals surface area contributed by atoms with Gasteiger partial charge in [-0.2, -0.15) is 11.8 Å². The Morgan fingerprint density at radius 1 is 1.12 bits per heavy atom. The molecule has 3 heterocycles. The van der Waals surface area contributed by atoms with Crippen molar-refractivity contribution in [1.82, 2.24) is 10.2 Å². The van der Waals surface area contributed by atoms with Gasteiger partial charge >= 0.3 is 0 Å². The van der Waals surface area contributed by atoms with Crippen molar-refractivity contribution in [3.8, 4) is 0 Å². The largest absolute Gasteiger partial charge is 0.311 e. The first-order valence-corrected chi connectivity index (χ1v) is 8.62. The average Bonchev–Trinajstić information content (AvgIpc) is 2.71. The number of nitrogens with one attached hydrogen (secondary N) is 1. The van der Waals surface area contributed by atoms with Gasteiger partial charge in [-0.1, -0.05) is 6.92 Å². The molecule has 1 N–H and O–H groups in total. The first-order valence-electron chi connectivity index (χ1n) is 7.46. The molecule has 0 spiro atoms. The summed E-state index contributed by atoms with van der Waals surface area (Å²) in [4.78, 5) is 2.85. The van der Waals surface area contributed by atoms with Crippen LogP contribution < -0.4 is 5.32 Å². The molecule has 0 aromatic heterocycles. The Hall–Kier alpha value is 0.270. The third-order valence-electron chi connectivity index (χ3n) is 4.89. The molecule has 3 atom stereocenters. The number of thioether (sulfide) groups is 1. The van der Waals surface area contributed by atoms with E-state index >= 15 is 0 Å². The van der Waals surface area contributed by atoms with E-state index in [2.05, 4.69) is 28.9 Å². The lowest BCUT2D eigenvalue weighted by molar-refractivity contribution is 0.104. The van der Waals surface area contributed by atoms with Crippen LogP contribution in [-0.2, 0) is 0 Å². The van der Waals surface area contributed by atoms with Gasteiger partial charge in [0.15, 0.2) is 0 Å². The number of nitrogens with zero attached hydrogens (tertiary/aromatic N) is 1. The van der Waals surface area contributed by atoms with Crippen molar-refractivity contribution in [3.05, 3.63) is 0 Å². The lowest BCUT2D eigenvalue weighted by Gasteiger charge is -2.42. The zero-order valence-electron chi connectivity index (χ0n) is 11.0. The van der Waals surface area contributed by atoms with E-state index in [0.29, 0.717) is 0 Å². The Bertz CT molecular complexity index is 241. The predicted octanol–water partition coefficient (Wildman–Crippen LogP) is 2.49. The van der Waals surface area contributed by atoms with E-state index < -0.39 is 0 Å². The van der Waals surface area contributed by atoms with E-state index in [1.165, 1.54) is 56.6 Å². The molecule has 0 aromatic carbocycles. The van der Waals surface area contributed by atoms with Gasteiger partial charge in [-0.3, -0.25) is 4.90 Å².